The molecule has 0 spiro atoms. The predicted octanol–water partition coefficient (Wildman–Crippen LogP) is 0.783. The summed E-state index contributed by atoms with van der Waals surface area (Å²) in [5, 5.41) is 0. The lowest BCUT2D eigenvalue weighted by Crippen LogP contribution is -2.45. The number of pyridine rings is 1. The highest BCUT2D eigenvalue weighted by molar-refractivity contribution is 5.97. The van der Waals surface area contributed by atoms with E-state index < -0.39 is 0 Å². The Morgan fingerprint density at radius 2 is 2.15 bits per heavy atom. The summed E-state index contributed by atoms with van der Waals surface area (Å²) in [4.78, 5) is 31.7. The minimum Gasteiger partial charge on any atom is -0.481 e. The molecule has 1 atom stereocenters. The van der Waals surface area contributed by atoms with Crippen LogP contribution < -0.4 is 4.74 Å². The minimum absolute atomic E-state index is 0.0303. The molecule has 2 heterocycles. The van der Waals surface area contributed by atoms with Gasteiger partial charge in [0.15, 0.2) is 0 Å². The van der Waals surface area contributed by atoms with E-state index in [1.54, 1.807) is 31.1 Å². The summed E-state index contributed by atoms with van der Waals surface area (Å²) in [5.74, 6) is 0.277. The van der Waals surface area contributed by atoms with E-state index in [1.165, 1.54) is 18.2 Å². The van der Waals surface area contributed by atoms with Gasteiger partial charge in [0.05, 0.1) is 12.7 Å². The van der Waals surface area contributed by atoms with Crippen molar-refractivity contribution in [1.82, 2.24) is 14.8 Å². The second-order valence-corrected chi connectivity index (χ2v) is 4.98. The number of carbonyl (C=O) groups is 2. The number of carbonyl (C=O) groups excluding carboxylic acids is 2. The molecule has 0 N–H and O–H groups in total. The van der Waals surface area contributed by atoms with Crippen molar-refractivity contribution in [3.63, 3.8) is 0 Å². The molecular formula is C14H19N3O3. The van der Waals surface area contributed by atoms with Gasteiger partial charge in [-0.05, 0) is 18.9 Å². The number of nitrogens with zero attached hydrogens (tertiary/aromatic N) is 3. The zero-order valence-corrected chi connectivity index (χ0v) is 12.0. The van der Waals surface area contributed by atoms with E-state index in [9.17, 15) is 9.59 Å². The van der Waals surface area contributed by atoms with Crippen LogP contribution in [0.4, 0.5) is 0 Å². The van der Waals surface area contributed by atoms with Crippen molar-refractivity contribution in [2.24, 2.45) is 0 Å². The van der Waals surface area contributed by atoms with Crippen LogP contribution in [0.5, 0.6) is 5.88 Å². The molecule has 0 bridgehead atoms. The molecule has 0 saturated carbocycles. The van der Waals surface area contributed by atoms with Gasteiger partial charge in [0.1, 0.15) is 6.04 Å². The molecule has 0 aliphatic carbocycles. The topological polar surface area (TPSA) is 62.7 Å². The van der Waals surface area contributed by atoms with Gasteiger partial charge in [0, 0.05) is 32.9 Å². The Morgan fingerprint density at radius 3 is 2.70 bits per heavy atom. The fourth-order valence-electron chi connectivity index (χ4n) is 2.36. The number of hydrogen-bond acceptors (Lipinski definition) is 4. The van der Waals surface area contributed by atoms with E-state index in [2.05, 4.69) is 4.98 Å². The largest absolute Gasteiger partial charge is 0.481 e. The number of amides is 2. The van der Waals surface area contributed by atoms with E-state index in [0.717, 1.165) is 6.42 Å². The van der Waals surface area contributed by atoms with E-state index in [0.29, 0.717) is 24.4 Å². The lowest BCUT2D eigenvalue weighted by atomic mass is 10.1. The van der Waals surface area contributed by atoms with E-state index >= 15 is 0 Å². The molecule has 2 amide bonds. The molecule has 20 heavy (non-hydrogen) atoms. The molecule has 108 valence electrons. The zero-order valence-electron chi connectivity index (χ0n) is 12.0. The molecule has 6 nitrogen and oxygen atoms in total. The van der Waals surface area contributed by atoms with Crippen molar-refractivity contribution >= 4 is 11.8 Å². The molecular weight excluding hydrogens is 258 g/mol. The van der Waals surface area contributed by atoms with Crippen LogP contribution in [0, 0.1) is 0 Å². The van der Waals surface area contributed by atoms with Crippen molar-refractivity contribution in [3.8, 4) is 5.88 Å². The van der Waals surface area contributed by atoms with Crippen LogP contribution >= 0.6 is 0 Å². The maximum atomic E-state index is 12.5. The SMILES string of the molecule is COc1ccc(C(=O)N2CCCC2C(=O)N(C)C)cn1. The maximum absolute atomic E-state index is 12.5. The van der Waals surface area contributed by atoms with Crippen LogP contribution in [-0.4, -0.2) is 60.4 Å². The summed E-state index contributed by atoms with van der Waals surface area (Å²) in [6.45, 7) is 0.606. The highest BCUT2D eigenvalue weighted by Crippen LogP contribution is 2.21. The molecule has 1 fully saturated rings. The predicted molar refractivity (Wildman–Crippen MR) is 73.5 cm³/mol. The first-order chi connectivity index (χ1) is 9.54. The van der Waals surface area contributed by atoms with Crippen LogP contribution in [-0.2, 0) is 4.79 Å². The number of aromatic nitrogens is 1. The van der Waals surface area contributed by atoms with Crippen molar-refractivity contribution in [3.05, 3.63) is 23.9 Å². The summed E-state index contributed by atoms with van der Waals surface area (Å²) in [6, 6.07) is 2.95. The Hall–Kier alpha value is -2.11. The normalized spacial score (nSPS) is 17.9. The second-order valence-electron chi connectivity index (χ2n) is 4.98. The summed E-state index contributed by atoms with van der Waals surface area (Å²) >= 11 is 0. The van der Waals surface area contributed by atoms with Gasteiger partial charge >= 0.3 is 0 Å². The Balaban J connectivity index is 2.16. The highest BCUT2D eigenvalue weighted by Gasteiger charge is 2.35. The van der Waals surface area contributed by atoms with Crippen LogP contribution in [0.15, 0.2) is 18.3 Å². The van der Waals surface area contributed by atoms with Gasteiger partial charge in [0.2, 0.25) is 11.8 Å². The zero-order chi connectivity index (χ0) is 14.7. The van der Waals surface area contributed by atoms with Crippen molar-refractivity contribution in [2.45, 2.75) is 18.9 Å². The van der Waals surface area contributed by atoms with Crippen LogP contribution in [0.25, 0.3) is 0 Å². The molecule has 2 rings (SSSR count). The number of likely N-dealkylation sites (N-methyl/N-ethyl adjacent to an activating group) is 1. The second kappa shape index (κ2) is 5.90. The first kappa shape index (κ1) is 14.3. The molecule has 1 aliphatic heterocycles. The van der Waals surface area contributed by atoms with E-state index in [-0.39, 0.29) is 17.9 Å². The Kier molecular flexibility index (Phi) is 4.22. The lowest BCUT2D eigenvalue weighted by Gasteiger charge is -2.26. The molecule has 1 aliphatic rings. The van der Waals surface area contributed by atoms with Crippen LogP contribution in [0.3, 0.4) is 0 Å². The fourth-order valence-corrected chi connectivity index (χ4v) is 2.36. The van der Waals surface area contributed by atoms with Gasteiger partial charge in [-0.25, -0.2) is 4.98 Å². The molecule has 1 unspecified atom stereocenters. The van der Waals surface area contributed by atoms with Gasteiger partial charge in [0.25, 0.3) is 5.91 Å². The van der Waals surface area contributed by atoms with E-state index in [4.69, 9.17) is 4.74 Å². The molecule has 1 aromatic rings. The third-order valence-corrected chi connectivity index (χ3v) is 3.43. The summed E-state index contributed by atoms with van der Waals surface area (Å²) < 4.78 is 4.97. The number of methoxy groups -OCH3 is 1. The third kappa shape index (κ3) is 2.74. The van der Waals surface area contributed by atoms with Crippen molar-refractivity contribution in [2.75, 3.05) is 27.7 Å². The van der Waals surface area contributed by atoms with Crippen LogP contribution in [0.1, 0.15) is 23.2 Å². The van der Waals surface area contributed by atoms with Gasteiger partial charge in [-0.2, -0.15) is 0 Å². The Labute approximate surface area is 118 Å². The third-order valence-electron chi connectivity index (χ3n) is 3.43. The van der Waals surface area contributed by atoms with Crippen molar-refractivity contribution < 1.29 is 14.3 Å². The smallest absolute Gasteiger partial charge is 0.256 e. The number of likely N-dealkylation sites (tertiary alicyclic amines) is 1. The van der Waals surface area contributed by atoms with Gasteiger partial charge in [-0.1, -0.05) is 0 Å². The Bertz CT molecular complexity index is 499. The maximum Gasteiger partial charge on any atom is 0.256 e. The van der Waals surface area contributed by atoms with Gasteiger partial charge in [-0.15, -0.1) is 0 Å². The average Bonchev–Trinajstić information content (AvgIpc) is 2.94. The Morgan fingerprint density at radius 1 is 1.40 bits per heavy atom. The minimum atomic E-state index is -0.361. The monoisotopic (exact) mass is 277 g/mol. The highest BCUT2D eigenvalue weighted by atomic mass is 16.5. The quantitative estimate of drug-likeness (QED) is 0.819. The van der Waals surface area contributed by atoms with Crippen molar-refractivity contribution in [1.29, 1.82) is 0 Å². The lowest BCUT2D eigenvalue weighted by molar-refractivity contribution is -0.132. The fraction of sp³-hybridized carbons (Fsp3) is 0.500. The summed E-state index contributed by atoms with van der Waals surface area (Å²) in [6.07, 6.45) is 3.04. The summed E-state index contributed by atoms with van der Waals surface area (Å²) in [7, 11) is 4.94. The molecule has 0 radical (unpaired) electrons. The standard InChI is InChI=1S/C14H19N3O3/c1-16(2)14(19)11-5-4-8-17(11)13(18)10-6-7-12(20-3)15-9-10/h6-7,9,11H,4-5,8H2,1-3H3. The number of hydrogen-bond donors (Lipinski definition) is 0. The van der Waals surface area contributed by atoms with Gasteiger partial charge in [-0.3, -0.25) is 9.59 Å². The molecule has 1 aromatic heterocycles. The number of ether oxygens (including phenoxy) is 1. The van der Waals surface area contributed by atoms with Gasteiger partial charge < -0.3 is 14.5 Å². The average molecular weight is 277 g/mol. The molecule has 1 saturated heterocycles. The molecule has 6 heteroatoms. The van der Waals surface area contributed by atoms with E-state index in [1.807, 2.05) is 0 Å². The first-order valence-electron chi connectivity index (χ1n) is 6.56. The first-order valence-corrected chi connectivity index (χ1v) is 6.56. The number of rotatable bonds is 3. The van der Waals surface area contributed by atoms with Crippen LogP contribution in [0.2, 0.25) is 0 Å². The summed E-state index contributed by atoms with van der Waals surface area (Å²) in [5.41, 5.74) is 0.476. The molecule has 0 aromatic carbocycles.